The number of nitrogens with one attached hydrogen (secondary N) is 3. The molecule has 1 aliphatic rings. The number of hydrogen-bond donors (Lipinski definition) is 4. The Morgan fingerprint density at radius 1 is 1.03 bits per heavy atom. The van der Waals surface area contributed by atoms with Crippen LogP contribution in [0.2, 0.25) is 0 Å². The molecule has 4 N–H and O–H groups in total. The number of aromatic amines is 1. The van der Waals surface area contributed by atoms with Crippen LogP contribution in [-0.4, -0.2) is 20.9 Å². The van der Waals surface area contributed by atoms with Crippen molar-refractivity contribution < 1.29 is 14.9 Å². The van der Waals surface area contributed by atoms with Crippen LogP contribution in [-0.2, 0) is 6.54 Å². The highest BCUT2D eigenvalue weighted by molar-refractivity contribution is 6.03. The van der Waals surface area contributed by atoms with Crippen LogP contribution >= 0.6 is 0 Å². The third-order valence-electron chi connectivity index (χ3n) is 6.28. The number of furan rings is 1. The van der Waals surface area contributed by atoms with Crippen molar-refractivity contribution in [2.45, 2.75) is 19.0 Å². The lowest BCUT2D eigenvalue weighted by Crippen LogP contribution is -2.99. The number of anilines is 2. The number of aromatic nitrogens is 2. The van der Waals surface area contributed by atoms with E-state index in [4.69, 9.17) is 9.52 Å². The third-order valence-corrected chi connectivity index (χ3v) is 6.28. The van der Waals surface area contributed by atoms with E-state index in [1.165, 1.54) is 0 Å². The van der Waals surface area contributed by atoms with Gasteiger partial charge in [-0.05, 0) is 54.1 Å². The van der Waals surface area contributed by atoms with Crippen LogP contribution in [0, 0.1) is 5.21 Å². The maximum atomic E-state index is 11.3. The van der Waals surface area contributed by atoms with E-state index < -0.39 is 5.23 Å². The number of quaternary nitrogens is 1. The number of benzene rings is 3. The van der Waals surface area contributed by atoms with Crippen molar-refractivity contribution in [1.82, 2.24) is 9.97 Å². The molecular formula is C27H24N6O3. The lowest BCUT2D eigenvalue weighted by molar-refractivity contribution is -0.991. The average Bonchev–Trinajstić information content (AvgIpc) is 3.67. The molecule has 0 bridgehead atoms. The summed E-state index contributed by atoms with van der Waals surface area (Å²) < 4.78 is 5.70. The van der Waals surface area contributed by atoms with E-state index in [2.05, 4.69) is 27.4 Å². The number of hydrazone groups is 1. The standard InChI is InChI=1S/C27H24N6O3/c34-33(35)21-13-11-20(12-14-21)32-25(26-6-3-15-36-26)16-24(31-32)18-7-9-19(10-8-18)28-17-27-29-22-4-1-2-5-23(22)30-27/h1-15,25,28,33-34H,16-17H2,(H,29,30). The van der Waals surface area contributed by atoms with Crippen LogP contribution in [0.1, 0.15) is 29.6 Å². The van der Waals surface area contributed by atoms with Gasteiger partial charge in [-0.1, -0.05) is 24.3 Å². The second-order valence-electron chi connectivity index (χ2n) is 8.61. The molecule has 9 heteroatoms. The normalized spacial score (nSPS) is 16.3. The summed E-state index contributed by atoms with van der Waals surface area (Å²) in [5.41, 5.74) is 5.96. The van der Waals surface area contributed by atoms with Crippen LogP contribution in [0.25, 0.3) is 11.0 Å². The molecule has 2 aromatic heterocycles. The molecule has 2 unspecified atom stereocenters. The number of H-pyrrole nitrogens is 1. The zero-order valence-electron chi connectivity index (χ0n) is 19.3. The van der Waals surface area contributed by atoms with Gasteiger partial charge in [0, 0.05) is 24.2 Å². The Labute approximate surface area is 206 Å². The Kier molecular flexibility index (Phi) is 5.70. The SMILES string of the molecule is [O-][NH+](O)c1ccc(N2N=C(c3ccc(NCc4nc5ccccc5[nH]4)cc3)CC2c2ccco2)cc1. The van der Waals surface area contributed by atoms with Gasteiger partial charge in [-0.15, -0.1) is 0 Å². The number of para-hydroxylation sites is 2. The van der Waals surface area contributed by atoms with E-state index in [0.717, 1.165) is 45.3 Å². The summed E-state index contributed by atoms with van der Waals surface area (Å²) in [5, 5.41) is 29.7. The average molecular weight is 481 g/mol. The topological polar surface area (TPSA) is 117 Å². The minimum absolute atomic E-state index is 0.114. The number of hydrogen-bond acceptors (Lipinski definition) is 7. The summed E-state index contributed by atoms with van der Waals surface area (Å²) in [6.07, 6.45) is 2.32. The second kappa shape index (κ2) is 9.31. The van der Waals surface area contributed by atoms with Crippen molar-refractivity contribution in [2.24, 2.45) is 5.10 Å². The van der Waals surface area contributed by atoms with Crippen molar-refractivity contribution in [3.05, 3.63) is 114 Å². The van der Waals surface area contributed by atoms with E-state index in [0.29, 0.717) is 13.0 Å². The molecule has 2 atom stereocenters. The molecule has 3 heterocycles. The zero-order valence-corrected chi connectivity index (χ0v) is 19.3. The molecule has 0 saturated heterocycles. The van der Waals surface area contributed by atoms with Gasteiger partial charge in [-0.3, -0.25) is 5.01 Å². The fraction of sp³-hybridized carbons (Fsp3) is 0.111. The number of nitrogens with zero attached hydrogens (tertiary/aromatic N) is 3. The van der Waals surface area contributed by atoms with Gasteiger partial charge in [0.15, 0.2) is 5.69 Å². The van der Waals surface area contributed by atoms with Crippen molar-refractivity contribution in [3.8, 4) is 0 Å². The molecule has 0 radical (unpaired) electrons. The molecule has 3 aromatic carbocycles. The summed E-state index contributed by atoms with van der Waals surface area (Å²) in [6.45, 7) is 0.593. The van der Waals surface area contributed by atoms with Crippen molar-refractivity contribution >= 4 is 33.8 Å². The van der Waals surface area contributed by atoms with E-state index >= 15 is 0 Å². The summed E-state index contributed by atoms with van der Waals surface area (Å²) in [4.78, 5) is 7.94. The smallest absolute Gasteiger partial charge is 0.163 e. The van der Waals surface area contributed by atoms with E-state index in [9.17, 15) is 10.4 Å². The second-order valence-corrected chi connectivity index (χ2v) is 8.61. The first kappa shape index (κ1) is 22.1. The van der Waals surface area contributed by atoms with Crippen LogP contribution in [0.5, 0.6) is 0 Å². The quantitative estimate of drug-likeness (QED) is 0.254. The first-order valence-corrected chi connectivity index (χ1v) is 11.7. The maximum absolute atomic E-state index is 11.3. The van der Waals surface area contributed by atoms with Crippen LogP contribution in [0.15, 0.2) is 101 Å². The number of rotatable bonds is 7. The largest absolute Gasteiger partial charge is 0.595 e. The fourth-order valence-corrected chi connectivity index (χ4v) is 4.44. The maximum Gasteiger partial charge on any atom is 0.163 e. The van der Waals surface area contributed by atoms with Crippen LogP contribution in [0.4, 0.5) is 17.1 Å². The third kappa shape index (κ3) is 4.34. The van der Waals surface area contributed by atoms with Gasteiger partial charge < -0.3 is 19.9 Å². The van der Waals surface area contributed by atoms with Crippen LogP contribution < -0.4 is 15.6 Å². The highest BCUT2D eigenvalue weighted by atomic mass is 16.8. The molecule has 180 valence electrons. The Morgan fingerprint density at radius 3 is 2.56 bits per heavy atom. The predicted molar refractivity (Wildman–Crippen MR) is 137 cm³/mol. The monoisotopic (exact) mass is 480 g/mol. The lowest BCUT2D eigenvalue weighted by Gasteiger charge is -2.22. The van der Waals surface area contributed by atoms with E-state index in [1.807, 2.05) is 53.5 Å². The van der Waals surface area contributed by atoms with E-state index in [1.54, 1.807) is 30.5 Å². The van der Waals surface area contributed by atoms with Gasteiger partial charge in [0.05, 0.1) is 35.2 Å². The Balaban J connectivity index is 1.20. The first-order chi connectivity index (χ1) is 17.6. The molecule has 6 rings (SSSR count). The molecule has 9 nitrogen and oxygen atoms in total. The van der Waals surface area contributed by atoms with Crippen molar-refractivity contribution in [1.29, 1.82) is 0 Å². The molecule has 5 aromatic rings. The minimum atomic E-state index is -0.955. The molecule has 0 fully saturated rings. The molecule has 1 aliphatic heterocycles. The van der Waals surface area contributed by atoms with Gasteiger partial charge in [0.2, 0.25) is 0 Å². The Hall–Kier alpha value is -4.44. The molecule has 0 aliphatic carbocycles. The molecular weight excluding hydrogens is 456 g/mol. The van der Waals surface area contributed by atoms with Gasteiger partial charge in [0.1, 0.15) is 17.6 Å². The predicted octanol–water partition coefficient (Wildman–Crippen LogP) is 4.53. The molecule has 0 saturated carbocycles. The highest BCUT2D eigenvalue weighted by Gasteiger charge is 2.32. The number of imidazole rings is 1. The summed E-state index contributed by atoms with van der Waals surface area (Å²) in [7, 11) is 0. The van der Waals surface area contributed by atoms with Gasteiger partial charge >= 0.3 is 0 Å². The summed E-state index contributed by atoms with van der Waals surface area (Å²) in [6, 6.07) is 26.6. The zero-order chi connectivity index (χ0) is 24.5. The van der Waals surface area contributed by atoms with Gasteiger partial charge in [-0.2, -0.15) is 10.3 Å². The van der Waals surface area contributed by atoms with Crippen LogP contribution in [0.3, 0.4) is 0 Å². The molecule has 36 heavy (non-hydrogen) atoms. The summed E-state index contributed by atoms with van der Waals surface area (Å²) >= 11 is 0. The minimum Gasteiger partial charge on any atom is -0.595 e. The Bertz CT molecular complexity index is 1460. The first-order valence-electron chi connectivity index (χ1n) is 11.7. The Morgan fingerprint density at radius 2 is 1.83 bits per heavy atom. The fourth-order valence-electron chi connectivity index (χ4n) is 4.44. The lowest BCUT2D eigenvalue weighted by atomic mass is 10.0. The van der Waals surface area contributed by atoms with Gasteiger partial charge in [0.25, 0.3) is 0 Å². The molecule has 0 spiro atoms. The number of fused-ring (bicyclic) bond motifs is 1. The van der Waals surface area contributed by atoms with Gasteiger partial charge in [-0.25, -0.2) is 10.2 Å². The molecule has 0 amide bonds. The van der Waals surface area contributed by atoms with Crippen molar-refractivity contribution in [2.75, 3.05) is 10.3 Å². The van der Waals surface area contributed by atoms with Crippen molar-refractivity contribution in [3.63, 3.8) is 0 Å². The summed E-state index contributed by atoms with van der Waals surface area (Å²) in [5.74, 6) is 1.69. The highest BCUT2D eigenvalue weighted by Crippen LogP contribution is 2.37. The van der Waals surface area contributed by atoms with E-state index in [-0.39, 0.29) is 11.7 Å².